The van der Waals surface area contributed by atoms with Gasteiger partial charge in [-0.25, -0.2) is 4.98 Å². The van der Waals surface area contributed by atoms with Gasteiger partial charge in [0.05, 0.1) is 6.33 Å². The first-order valence-electron chi connectivity index (χ1n) is 8.50. The summed E-state index contributed by atoms with van der Waals surface area (Å²) in [5.74, 6) is -0.774. The number of ether oxygens (including phenoxy) is 1. The molecule has 0 atom stereocenters. The minimum absolute atomic E-state index is 0.00724. The largest absolute Gasteiger partial charge is 0.459 e. The molecule has 0 aromatic carbocycles. The molecule has 0 saturated carbocycles. The monoisotopic (exact) mass is 350 g/mol. The third-order valence-corrected chi connectivity index (χ3v) is 3.95. The van der Waals surface area contributed by atoms with Crippen LogP contribution in [0.25, 0.3) is 0 Å². The second kappa shape index (κ2) is 7.67. The minimum atomic E-state index is -0.624. The number of hydrogen-bond donors (Lipinski definition) is 2. The Hall–Kier alpha value is -2.38. The number of H-pyrrole nitrogens is 1. The lowest BCUT2D eigenvalue weighted by Gasteiger charge is -2.30. The van der Waals surface area contributed by atoms with Gasteiger partial charge in [-0.05, 0) is 39.5 Å². The van der Waals surface area contributed by atoms with E-state index in [0.717, 1.165) is 12.8 Å². The number of piperidine rings is 1. The molecule has 138 valence electrons. The van der Waals surface area contributed by atoms with Gasteiger partial charge in [0.15, 0.2) is 5.69 Å². The summed E-state index contributed by atoms with van der Waals surface area (Å²) in [5.41, 5.74) is -0.482. The zero-order chi connectivity index (χ0) is 18.6. The van der Waals surface area contributed by atoms with Gasteiger partial charge in [0.2, 0.25) is 0 Å². The molecule has 2 heterocycles. The molecule has 25 heavy (non-hydrogen) atoms. The number of imidazole rings is 1. The quantitative estimate of drug-likeness (QED) is 0.798. The molecule has 1 fully saturated rings. The first-order valence-corrected chi connectivity index (χ1v) is 8.50. The minimum Gasteiger partial charge on any atom is -0.459 e. The van der Waals surface area contributed by atoms with E-state index in [1.54, 1.807) is 25.7 Å². The van der Waals surface area contributed by atoms with E-state index in [2.05, 4.69) is 22.2 Å². The van der Waals surface area contributed by atoms with Crippen molar-refractivity contribution in [2.45, 2.75) is 46.1 Å². The summed E-state index contributed by atoms with van der Waals surface area (Å²) in [5, 5.41) is 2.45. The van der Waals surface area contributed by atoms with Crippen LogP contribution in [0, 0.1) is 5.92 Å². The normalized spacial score (nSPS) is 15.8. The van der Waals surface area contributed by atoms with Crippen LogP contribution in [-0.2, 0) is 9.53 Å². The number of nitrogens with one attached hydrogen (secondary N) is 2. The SMILES string of the molecule is CC1CCN(C(=O)c2[nH]cnc2C(=O)NCC(=O)OC(C)(C)C)CC1. The second-order valence-electron chi connectivity index (χ2n) is 7.37. The van der Waals surface area contributed by atoms with Gasteiger partial charge in [-0.2, -0.15) is 0 Å². The van der Waals surface area contributed by atoms with Crippen molar-refractivity contribution in [1.82, 2.24) is 20.2 Å². The molecule has 1 aliphatic heterocycles. The maximum atomic E-state index is 12.6. The Balaban J connectivity index is 1.97. The highest BCUT2D eigenvalue weighted by molar-refractivity contribution is 6.05. The number of hydrogen-bond acceptors (Lipinski definition) is 5. The average molecular weight is 350 g/mol. The fraction of sp³-hybridized carbons (Fsp3) is 0.647. The van der Waals surface area contributed by atoms with E-state index in [0.29, 0.717) is 19.0 Å². The van der Waals surface area contributed by atoms with Crippen molar-refractivity contribution in [1.29, 1.82) is 0 Å². The molecule has 0 unspecified atom stereocenters. The molecule has 1 aromatic rings. The summed E-state index contributed by atoms with van der Waals surface area (Å²) >= 11 is 0. The summed E-state index contributed by atoms with van der Waals surface area (Å²) < 4.78 is 5.13. The van der Waals surface area contributed by atoms with Crippen molar-refractivity contribution in [3.05, 3.63) is 17.7 Å². The highest BCUT2D eigenvalue weighted by Gasteiger charge is 2.27. The Morgan fingerprint density at radius 3 is 2.56 bits per heavy atom. The molecule has 0 spiro atoms. The Bertz CT molecular complexity index is 639. The van der Waals surface area contributed by atoms with Crippen LogP contribution in [0.2, 0.25) is 0 Å². The number of aromatic nitrogens is 2. The molecule has 8 nitrogen and oxygen atoms in total. The number of esters is 1. The van der Waals surface area contributed by atoms with Crippen LogP contribution in [0.4, 0.5) is 0 Å². The van der Waals surface area contributed by atoms with Gasteiger partial charge in [0.25, 0.3) is 11.8 Å². The number of carbonyl (C=O) groups excluding carboxylic acids is 3. The van der Waals surface area contributed by atoms with Gasteiger partial charge in [0, 0.05) is 13.1 Å². The number of likely N-dealkylation sites (tertiary alicyclic amines) is 1. The molecule has 1 aromatic heterocycles. The Morgan fingerprint density at radius 2 is 1.96 bits per heavy atom. The van der Waals surface area contributed by atoms with E-state index in [4.69, 9.17) is 4.74 Å². The molecular formula is C17H26N4O4. The maximum absolute atomic E-state index is 12.6. The Labute approximate surface area is 147 Å². The molecule has 0 radical (unpaired) electrons. The predicted octanol–water partition coefficient (Wildman–Crippen LogP) is 1.35. The van der Waals surface area contributed by atoms with Crippen molar-refractivity contribution in [2.24, 2.45) is 5.92 Å². The third kappa shape index (κ3) is 5.30. The smallest absolute Gasteiger partial charge is 0.325 e. The summed E-state index contributed by atoms with van der Waals surface area (Å²) in [6.45, 7) is 8.45. The average Bonchev–Trinajstić information content (AvgIpc) is 3.00. The van der Waals surface area contributed by atoms with Gasteiger partial charge in [-0.1, -0.05) is 6.92 Å². The molecule has 0 aliphatic carbocycles. The molecule has 0 bridgehead atoms. The van der Waals surface area contributed by atoms with E-state index in [9.17, 15) is 14.4 Å². The fourth-order valence-corrected chi connectivity index (χ4v) is 2.61. The van der Waals surface area contributed by atoms with Crippen LogP contribution in [-0.4, -0.2) is 57.9 Å². The summed E-state index contributed by atoms with van der Waals surface area (Å²) in [4.78, 5) is 44.9. The molecule has 1 aliphatic rings. The van der Waals surface area contributed by atoms with Gasteiger partial charge in [0.1, 0.15) is 17.8 Å². The fourth-order valence-electron chi connectivity index (χ4n) is 2.61. The van der Waals surface area contributed by atoms with Crippen LogP contribution in [0.1, 0.15) is 61.5 Å². The van der Waals surface area contributed by atoms with E-state index < -0.39 is 17.5 Å². The highest BCUT2D eigenvalue weighted by atomic mass is 16.6. The van der Waals surface area contributed by atoms with Gasteiger partial charge < -0.3 is 19.9 Å². The maximum Gasteiger partial charge on any atom is 0.325 e. The summed E-state index contributed by atoms with van der Waals surface area (Å²) in [6, 6.07) is 0. The van der Waals surface area contributed by atoms with Crippen molar-refractivity contribution >= 4 is 17.8 Å². The van der Waals surface area contributed by atoms with E-state index in [1.165, 1.54) is 6.33 Å². The lowest BCUT2D eigenvalue weighted by molar-refractivity contribution is -0.153. The van der Waals surface area contributed by atoms with E-state index >= 15 is 0 Å². The second-order valence-corrected chi connectivity index (χ2v) is 7.37. The highest BCUT2D eigenvalue weighted by Crippen LogP contribution is 2.18. The number of nitrogens with zero attached hydrogens (tertiary/aromatic N) is 2. The number of carbonyl (C=O) groups is 3. The topological polar surface area (TPSA) is 104 Å². The van der Waals surface area contributed by atoms with Crippen molar-refractivity contribution in [2.75, 3.05) is 19.6 Å². The molecule has 2 N–H and O–H groups in total. The van der Waals surface area contributed by atoms with Crippen LogP contribution in [0.15, 0.2) is 6.33 Å². The van der Waals surface area contributed by atoms with Crippen LogP contribution in [0.5, 0.6) is 0 Å². The van der Waals surface area contributed by atoms with Crippen LogP contribution < -0.4 is 5.32 Å². The van der Waals surface area contributed by atoms with E-state index in [1.807, 2.05) is 0 Å². The van der Waals surface area contributed by atoms with Crippen molar-refractivity contribution < 1.29 is 19.1 Å². The van der Waals surface area contributed by atoms with Crippen molar-refractivity contribution in [3.8, 4) is 0 Å². The number of rotatable bonds is 4. The summed E-state index contributed by atoms with van der Waals surface area (Å²) in [6.07, 6.45) is 3.20. The first kappa shape index (κ1) is 19.0. The van der Waals surface area contributed by atoms with Gasteiger partial charge in [-0.15, -0.1) is 0 Å². The van der Waals surface area contributed by atoms with Crippen LogP contribution in [0.3, 0.4) is 0 Å². The third-order valence-electron chi connectivity index (χ3n) is 3.95. The standard InChI is InChI=1S/C17H26N4O4/c1-11-5-7-21(8-6-11)16(24)14-13(19-10-20-14)15(23)18-9-12(22)25-17(2,3)4/h10-11H,5-9H2,1-4H3,(H,18,23)(H,19,20). The van der Waals surface area contributed by atoms with E-state index in [-0.39, 0.29) is 23.8 Å². The van der Waals surface area contributed by atoms with Crippen LogP contribution >= 0.6 is 0 Å². The molecule has 2 rings (SSSR count). The predicted molar refractivity (Wildman–Crippen MR) is 91.1 cm³/mol. The lowest BCUT2D eigenvalue weighted by Crippen LogP contribution is -2.40. The number of aromatic amines is 1. The zero-order valence-electron chi connectivity index (χ0n) is 15.2. The molecule has 2 amide bonds. The summed E-state index contributed by atoms with van der Waals surface area (Å²) in [7, 11) is 0. The number of amides is 2. The Morgan fingerprint density at radius 1 is 1.32 bits per heavy atom. The van der Waals surface area contributed by atoms with Gasteiger partial charge >= 0.3 is 5.97 Å². The van der Waals surface area contributed by atoms with Gasteiger partial charge in [-0.3, -0.25) is 14.4 Å². The van der Waals surface area contributed by atoms with Crippen molar-refractivity contribution in [3.63, 3.8) is 0 Å². The zero-order valence-corrected chi connectivity index (χ0v) is 15.2. The first-order chi connectivity index (χ1) is 11.7. The molecule has 1 saturated heterocycles. The molecular weight excluding hydrogens is 324 g/mol. The lowest BCUT2D eigenvalue weighted by atomic mass is 9.99. The molecule has 8 heteroatoms. The Kier molecular flexibility index (Phi) is 5.81.